The normalized spacial score (nSPS) is 10.6. The number of ether oxygens (including phenoxy) is 1. The van der Waals surface area contributed by atoms with Gasteiger partial charge in [-0.05, 0) is 47.4 Å². The van der Waals surface area contributed by atoms with Crippen molar-refractivity contribution in [3.63, 3.8) is 0 Å². The lowest BCUT2D eigenvalue weighted by atomic mass is 10.0. The molecule has 0 atom stereocenters. The molecule has 3 aromatic rings. The van der Waals surface area contributed by atoms with Gasteiger partial charge in [0, 0.05) is 5.56 Å². The first-order valence-corrected chi connectivity index (χ1v) is 8.27. The van der Waals surface area contributed by atoms with E-state index in [4.69, 9.17) is 4.74 Å². The summed E-state index contributed by atoms with van der Waals surface area (Å²) in [6, 6.07) is 19.2. The monoisotopic (exact) mass is 332 g/mol. The Morgan fingerprint density at radius 1 is 0.880 bits per heavy atom. The molecule has 3 heteroatoms. The van der Waals surface area contributed by atoms with Crippen LogP contribution in [0.3, 0.4) is 0 Å². The first kappa shape index (κ1) is 16.9. The standard InChI is InChI=1S/C22H20O3/c1-15-10-11-19(12-16(15)2)21(23)14-25-22(24)13-18-8-5-7-17-6-3-4-9-20(17)18/h3-12H,13-14H2,1-2H3. The number of ketones is 1. The van der Waals surface area contributed by atoms with Gasteiger partial charge in [0.05, 0.1) is 6.42 Å². The van der Waals surface area contributed by atoms with Gasteiger partial charge in [0.15, 0.2) is 12.4 Å². The van der Waals surface area contributed by atoms with Crippen LogP contribution in [0.5, 0.6) is 0 Å². The van der Waals surface area contributed by atoms with E-state index in [0.717, 1.165) is 27.5 Å². The van der Waals surface area contributed by atoms with Gasteiger partial charge in [0.1, 0.15) is 0 Å². The van der Waals surface area contributed by atoms with Gasteiger partial charge in [-0.25, -0.2) is 0 Å². The lowest BCUT2D eigenvalue weighted by Gasteiger charge is -2.08. The number of rotatable bonds is 5. The van der Waals surface area contributed by atoms with E-state index in [1.165, 1.54) is 0 Å². The van der Waals surface area contributed by atoms with Crippen molar-refractivity contribution < 1.29 is 14.3 Å². The summed E-state index contributed by atoms with van der Waals surface area (Å²) >= 11 is 0. The number of esters is 1. The van der Waals surface area contributed by atoms with Crippen molar-refractivity contribution >= 4 is 22.5 Å². The molecule has 0 aliphatic heterocycles. The second kappa shape index (κ2) is 7.31. The van der Waals surface area contributed by atoms with Crippen LogP contribution in [0.15, 0.2) is 60.7 Å². The molecular weight excluding hydrogens is 312 g/mol. The molecule has 0 radical (unpaired) electrons. The van der Waals surface area contributed by atoms with Crippen molar-refractivity contribution in [3.05, 3.63) is 82.9 Å². The molecule has 3 rings (SSSR count). The fraction of sp³-hybridized carbons (Fsp3) is 0.182. The van der Waals surface area contributed by atoms with Crippen molar-refractivity contribution in [2.45, 2.75) is 20.3 Å². The van der Waals surface area contributed by atoms with E-state index < -0.39 is 5.97 Å². The van der Waals surface area contributed by atoms with Crippen LogP contribution in [0.4, 0.5) is 0 Å². The average molecular weight is 332 g/mol. The minimum Gasteiger partial charge on any atom is -0.457 e. The lowest BCUT2D eigenvalue weighted by Crippen LogP contribution is -2.16. The highest BCUT2D eigenvalue weighted by Crippen LogP contribution is 2.19. The van der Waals surface area contributed by atoms with Crippen molar-refractivity contribution in [2.75, 3.05) is 6.61 Å². The van der Waals surface area contributed by atoms with E-state index in [1.807, 2.05) is 68.4 Å². The minimum atomic E-state index is -0.395. The molecule has 0 amide bonds. The Hall–Kier alpha value is -2.94. The van der Waals surface area contributed by atoms with Crippen LogP contribution in [0.2, 0.25) is 0 Å². The Kier molecular flexibility index (Phi) is 4.94. The SMILES string of the molecule is Cc1ccc(C(=O)COC(=O)Cc2cccc3ccccc23)cc1C. The third-order valence-corrected chi connectivity index (χ3v) is 4.41. The van der Waals surface area contributed by atoms with E-state index in [9.17, 15) is 9.59 Å². The molecule has 0 spiro atoms. The van der Waals surface area contributed by atoms with E-state index in [-0.39, 0.29) is 18.8 Å². The van der Waals surface area contributed by atoms with Crippen molar-refractivity contribution in [3.8, 4) is 0 Å². The van der Waals surface area contributed by atoms with Gasteiger partial charge in [-0.2, -0.15) is 0 Å². The number of Topliss-reactive ketones (excluding diaryl/α,β-unsaturated/α-hetero) is 1. The highest BCUT2D eigenvalue weighted by molar-refractivity contribution is 5.98. The maximum atomic E-state index is 12.2. The summed E-state index contributed by atoms with van der Waals surface area (Å²) in [6.45, 7) is 3.72. The summed E-state index contributed by atoms with van der Waals surface area (Å²) in [5.74, 6) is -0.581. The van der Waals surface area contributed by atoms with Crippen molar-refractivity contribution in [1.29, 1.82) is 0 Å². The number of hydrogen-bond acceptors (Lipinski definition) is 3. The van der Waals surface area contributed by atoms with Crippen molar-refractivity contribution in [1.82, 2.24) is 0 Å². The average Bonchev–Trinajstić information content (AvgIpc) is 2.62. The topological polar surface area (TPSA) is 43.4 Å². The molecule has 0 bridgehead atoms. The fourth-order valence-electron chi connectivity index (χ4n) is 2.80. The molecule has 0 heterocycles. The highest BCUT2D eigenvalue weighted by atomic mass is 16.5. The van der Waals surface area contributed by atoms with Crippen LogP contribution >= 0.6 is 0 Å². The number of fused-ring (bicyclic) bond motifs is 1. The van der Waals surface area contributed by atoms with Gasteiger partial charge in [-0.1, -0.05) is 54.6 Å². The van der Waals surface area contributed by atoms with Gasteiger partial charge < -0.3 is 4.74 Å². The third-order valence-electron chi connectivity index (χ3n) is 4.41. The van der Waals surface area contributed by atoms with Gasteiger partial charge in [0.2, 0.25) is 0 Å². The number of carbonyl (C=O) groups excluding carboxylic acids is 2. The zero-order valence-electron chi connectivity index (χ0n) is 14.4. The molecule has 0 aliphatic rings. The van der Waals surface area contributed by atoms with E-state index in [1.54, 1.807) is 6.07 Å². The first-order chi connectivity index (χ1) is 12.0. The maximum Gasteiger partial charge on any atom is 0.310 e. The van der Waals surface area contributed by atoms with Gasteiger partial charge >= 0.3 is 5.97 Å². The quantitative estimate of drug-likeness (QED) is 0.513. The molecule has 3 nitrogen and oxygen atoms in total. The fourth-order valence-corrected chi connectivity index (χ4v) is 2.80. The summed E-state index contributed by atoms with van der Waals surface area (Å²) in [5.41, 5.74) is 3.65. The Balaban J connectivity index is 1.64. The zero-order chi connectivity index (χ0) is 17.8. The predicted octanol–water partition coefficient (Wildman–Crippen LogP) is 4.43. The third kappa shape index (κ3) is 3.94. The molecule has 3 aromatic carbocycles. The van der Waals surface area contributed by atoms with Crippen LogP contribution < -0.4 is 0 Å². The second-order valence-electron chi connectivity index (χ2n) is 6.20. The van der Waals surface area contributed by atoms with Crippen LogP contribution in [-0.2, 0) is 16.0 Å². The van der Waals surface area contributed by atoms with Crippen LogP contribution in [0.25, 0.3) is 10.8 Å². The largest absolute Gasteiger partial charge is 0.457 e. The Morgan fingerprint density at radius 3 is 2.44 bits per heavy atom. The summed E-state index contributed by atoms with van der Waals surface area (Å²) < 4.78 is 5.19. The second-order valence-corrected chi connectivity index (χ2v) is 6.20. The summed E-state index contributed by atoms with van der Waals surface area (Å²) in [4.78, 5) is 24.3. The molecule has 0 saturated carbocycles. The van der Waals surface area contributed by atoms with Gasteiger partial charge in [-0.3, -0.25) is 9.59 Å². The first-order valence-electron chi connectivity index (χ1n) is 8.27. The zero-order valence-corrected chi connectivity index (χ0v) is 14.4. The van der Waals surface area contributed by atoms with Crippen LogP contribution in [-0.4, -0.2) is 18.4 Å². The smallest absolute Gasteiger partial charge is 0.310 e. The minimum absolute atomic E-state index is 0.154. The molecule has 0 fully saturated rings. The molecule has 0 unspecified atom stereocenters. The molecule has 25 heavy (non-hydrogen) atoms. The molecule has 0 aliphatic carbocycles. The van der Waals surface area contributed by atoms with Crippen LogP contribution in [0.1, 0.15) is 27.0 Å². The van der Waals surface area contributed by atoms with E-state index in [0.29, 0.717) is 5.56 Å². The molecule has 126 valence electrons. The van der Waals surface area contributed by atoms with E-state index in [2.05, 4.69) is 0 Å². The molecular formula is C22H20O3. The molecule has 0 saturated heterocycles. The molecule has 0 N–H and O–H groups in total. The summed E-state index contributed by atoms with van der Waals surface area (Å²) in [6.07, 6.45) is 0.154. The number of benzene rings is 3. The number of carbonyl (C=O) groups is 2. The maximum absolute atomic E-state index is 12.2. The Bertz CT molecular complexity index is 936. The Morgan fingerprint density at radius 2 is 1.64 bits per heavy atom. The van der Waals surface area contributed by atoms with Gasteiger partial charge in [-0.15, -0.1) is 0 Å². The van der Waals surface area contributed by atoms with Gasteiger partial charge in [0.25, 0.3) is 0 Å². The lowest BCUT2D eigenvalue weighted by molar-refractivity contribution is -0.141. The summed E-state index contributed by atoms with van der Waals surface area (Å²) in [5, 5.41) is 2.11. The molecule has 0 aromatic heterocycles. The number of hydrogen-bond donors (Lipinski definition) is 0. The number of aryl methyl sites for hydroxylation is 2. The van der Waals surface area contributed by atoms with Crippen molar-refractivity contribution in [2.24, 2.45) is 0 Å². The highest BCUT2D eigenvalue weighted by Gasteiger charge is 2.12. The predicted molar refractivity (Wildman–Crippen MR) is 98.9 cm³/mol. The van der Waals surface area contributed by atoms with E-state index >= 15 is 0 Å². The summed E-state index contributed by atoms with van der Waals surface area (Å²) in [7, 11) is 0. The van der Waals surface area contributed by atoms with Crippen LogP contribution in [0, 0.1) is 13.8 Å². The Labute approximate surface area is 147 Å².